The van der Waals surface area contributed by atoms with Crippen LogP contribution in [0.3, 0.4) is 0 Å². The predicted octanol–water partition coefficient (Wildman–Crippen LogP) is 2.35. The summed E-state index contributed by atoms with van der Waals surface area (Å²) in [5.74, 6) is 0.0444. The van der Waals surface area contributed by atoms with Crippen LogP contribution in [-0.4, -0.2) is 30.9 Å². The largest absolute Gasteiger partial charge is 0.341 e. The number of nitrogens with two attached hydrogens (primary N) is 1. The lowest BCUT2D eigenvalue weighted by atomic mass is 9.93. The first-order valence-electron chi connectivity index (χ1n) is 5.57. The van der Waals surface area contributed by atoms with Gasteiger partial charge >= 0.3 is 0 Å². The minimum atomic E-state index is -0.0480. The molecule has 0 fully saturated rings. The van der Waals surface area contributed by atoms with E-state index in [-0.39, 0.29) is 11.3 Å². The molecule has 4 heteroatoms. The fraction of sp³-hybridized carbons (Fsp3) is 0.462. The van der Waals surface area contributed by atoms with Gasteiger partial charge in [0.1, 0.15) is 0 Å². The number of nitrogens with zero attached hydrogens (tertiary/aromatic N) is 1. The van der Waals surface area contributed by atoms with Crippen LogP contribution < -0.4 is 5.73 Å². The molecule has 0 aliphatic carbocycles. The van der Waals surface area contributed by atoms with Crippen molar-refractivity contribution in [3.63, 3.8) is 0 Å². The van der Waals surface area contributed by atoms with E-state index in [1.54, 1.807) is 4.90 Å². The van der Waals surface area contributed by atoms with E-state index in [0.29, 0.717) is 13.1 Å². The Morgan fingerprint density at radius 3 is 2.35 bits per heavy atom. The summed E-state index contributed by atoms with van der Waals surface area (Å²) in [4.78, 5) is 13.9. The van der Waals surface area contributed by atoms with Gasteiger partial charge in [-0.25, -0.2) is 0 Å². The zero-order chi connectivity index (χ0) is 13.1. The second-order valence-electron chi connectivity index (χ2n) is 5.04. The topological polar surface area (TPSA) is 46.3 Å². The molecule has 1 rings (SSSR count). The van der Waals surface area contributed by atoms with Crippen LogP contribution >= 0.6 is 22.6 Å². The number of hydrogen-bond donors (Lipinski definition) is 1. The average Bonchev–Trinajstić information content (AvgIpc) is 2.28. The first-order chi connectivity index (χ1) is 7.85. The van der Waals surface area contributed by atoms with Crippen LogP contribution in [0.2, 0.25) is 0 Å². The maximum absolute atomic E-state index is 12.1. The number of rotatable bonds is 4. The monoisotopic (exact) mass is 346 g/mol. The van der Waals surface area contributed by atoms with Crippen LogP contribution in [0.25, 0.3) is 0 Å². The van der Waals surface area contributed by atoms with E-state index >= 15 is 0 Å². The van der Waals surface area contributed by atoms with Gasteiger partial charge < -0.3 is 10.6 Å². The van der Waals surface area contributed by atoms with Crippen molar-refractivity contribution in [1.82, 2.24) is 4.90 Å². The van der Waals surface area contributed by atoms with Crippen molar-refractivity contribution in [2.45, 2.75) is 13.8 Å². The normalized spacial score (nSPS) is 11.4. The maximum Gasteiger partial charge on any atom is 0.253 e. The molecular weight excluding hydrogens is 327 g/mol. The fourth-order valence-corrected chi connectivity index (χ4v) is 1.95. The summed E-state index contributed by atoms with van der Waals surface area (Å²) < 4.78 is 1.13. The van der Waals surface area contributed by atoms with Crippen molar-refractivity contribution < 1.29 is 4.79 Å². The lowest BCUT2D eigenvalue weighted by molar-refractivity contribution is 0.0740. The summed E-state index contributed by atoms with van der Waals surface area (Å²) >= 11 is 2.22. The Morgan fingerprint density at radius 2 is 1.88 bits per heavy atom. The van der Waals surface area contributed by atoms with Gasteiger partial charge in [-0.15, -0.1) is 0 Å². The lowest BCUT2D eigenvalue weighted by Crippen LogP contribution is -2.39. The molecule has 0 radical (unpaired) electrons. The van der Waals surface area contributed by atoms with Crippen LogP contribution in [0.4, 0.5) is 0 Å². The Kier molecular flexibility index (Phi) is 4.94. The summed E-state index contributed by atoms with van der Waals surface area (Å²) in [6.07, 6.45) is 0. The third kappa shape index (κ3) is 4.27. The van der Waals surface area contributed by atoms with Gasteiger partial charge in [-0.3, -0.25) is 4.79 Å². The Hall–Kier alpha value is -0.620. The zero-order valence-electron chi connectivity index (χ0n) is 10.5. The van der Waals surface area contributed by atoms with E-state index in [1.807, 2.05) is 31.3 Å². The number of carbonyl (C=O) groups excluding carboxylic acids is 1. The van der Waals surface area contributed by atoms with E-state index in [0.717, 1.165) is 9.13 Å². The summed E-state index contributed by atoms with van der Waals surface area (Å²) in [6.45, 7) is 5.35. The highest BCUT2D eigenvalue weighted by Crippen LogP contribution is 2.16. The number of hydrogen-bond acceptors (Lipinski definition) is 2. The highest BCUT2D eigenvalue weighted by atomic mass is 127. The molecule has 0 spiro atoms. The molecule has 3 nitrogen and oxygen atoms in total. The number of amides is 1. The molecule has 2 N–H and O–H groups in total. The molecule has 0 atom stereocenters. The number of halogens is 1. The SMILES string of the molecule is CN(CC(C)(C)CN)C(=O)c1ccc(I)cc1. The molecule has 0 aliphatic heterocycles. The maximum atomic E-state index is 12.1. The van der Waals surface area contributed by atoms with E-state index in [9.17, 15) is 4.79 Å². The van der Waals surface area contributed by atoms with E-state index in [2.05, 4.69) is 36.4 Å². The molecule has 1 aromatic carbocycles. The molecular formula is C13H19IN2O. The quantitative estimate of drug-likeness (QED) is 0.851. The van der Waals surface area contributed by atoms with Gasteiger partial charge in [0.2, 0.25) is 0 Å². The van der Waals surface area contributed by atoms with Crippen molar-refractivity contribution in [3.05, 3.63) is 33.4 Å². The molecule has 0 bridgehead atoms. The first kappa shape index (κ1) is 14.4. The Labute approximate surface area is 117 Å². The van der Waals surface area contributed by atoms with E-state index < -0.39 is 0 Å². The first-order valence-corrected chi connectivity index (χ1v) is 6.65. The summed E-state index contributed by atoms with van der Waals surface area (Å²) in [5.41, 5.74) is 6.35. The number of carbonyl (C=O) groups is 1. The van der Waals surface area contributed by atoms with Crippen LogP contribution in [0.1, 0.15) is 24.2 Å². The smallest absolute Gasteiger partial charge is 0.253 e. The third-order valence-electron chi connectivity index (χ3n) is 2.66. The molecule has 17 heavy (non-hydrogen) atoms. The molecule has 0 saturated carbocycles. The van der Waals surface area contributed by atoms with Gasteiger partial charge in [-0.1, -0.05) is 13.8 Å². The van der Waals surface area contributed by atoms with Crippen molar-refractivity contribution in [3.8, 4) is 0 Å². The highest BCUT2D eigenvalue weighted by molar-refractivity contribution is 14.1. The molecule has 0 aromatic heterocycles. The standard InChI is InChI=1S/C13H19IN2O/c1-13(2,8-15)9-16(3)12(17)10-4-6-11(14)7-5-10/h4-7H,8-9,15H2,1-3H3. The summed E-state index contributed by atoms with van der Waals surface area (Å²) in [6, 6.07) is 7.59. The molecule has 94 valence electrons. The van der Waals surface area contributed by atoms with Crippen LogP contribution in [0.15, 0.2) is 24.3 Å². The number of benzene rings is 1. The van der Waals surface area contributed by atoms with Crippen LogP contribution in [0.5, 0.6) is 0 Å². The predicted molar refractivity (Wildman–Crippen MR) is 79.0 cm³/mol. The minimum absolute atomic E-state index is 0.0444. The second-order valence-corrected chi connectivity index (χ2v) is 6.28. The van der Waals surface area contributed by atoms with Gasteiger partial charge in [-0.2, -0.15) is 0 Å². The van der Waals surface area contributed by atoms with Crippen molar-refractivity contribution in [2.24, 2.45) is 11.1 Å². The van der Waals surface area contributed by atoms with Crippen molar-refractivity contribution in [2.75, 3.05) is 20.1 Å². The van der Waals surface area contributed by atoms with E-state index in [4.69, 9.17) is 5.73 Å². The molecule has 0 unspecified atom stereocenters. The molecule has 0 saturated heterocycles. The molecule has 0 heterocycles. The molecule has 1 amide bonds. The second kappa shape index (κ2) is 5.82. The molecule has 1 aromatic rings. The van der Waals surface area contributed by atoms with Gasteiger partial charge in [0, 0.05) is 22.7 Å². The highest BCUT2D eigenvalue weighted by Gasteiger charge is 2.21. The van der Waals surface area contributed by atoms with Gasteiger partial charge in [0.05, 0.1) is 0 Å². The Bertz CT molecular complexity index is 387. The minimum Gasteiger partial charge on any atom is -0.341 e. The van der Waals surface area contributed by atoms with Crippen LogP contribution in [0, 0.1) is 8.99 Å². The average molecular weight is 346 g/mol. The fourth-order valence-electron chi connectivity index (χ4n) is 1.59. The van der Waals surface area contributed by atoms with Crippen LogP contribution in [-0.2, 0) is 0 Å². The molecule has 0 aliphatic rings. The summed E-state index contributed by atoms with van der Waals surface area (Å²) in [7, 11) is 1.82. The van der Waals surface area contributed by atoms with E-state index in [1.165, 1.54) is 0 Å². The lowest BCUT2D eigenvalue weighted by Gasteiger charge is -2.29. The van der Waals surface area contributed by atoms with Crippen molar-refractivity contribution >= 4 is 28.5 Å². The zero-order valence-corrected chi connectivity index (χ0v) is 12.7. The summed E-state index contributed by atoms with van der Waals surface area (Å²) in [5, 5.41) is 0. The van der Waals surface area contributed by atoms with Crippen molar-refractivity contribution in [1.29, 1.82) is 0 Å². The Balaban J connectivity index is 2.73. The van der Waals surface area contributed by atoms with Gasteiger partial charge in [0.25, 0.3) is 5.91 Å². The van der Waals surface area contributed by atoms with Gasteiger partial charge in [0.15, 0.2) is 0 Å². The van der Waals surface area contributed by atoms with Gasteiger partial charge in [-0.05, 0) is 58.8 Å². The third-order valence-corrected chi connectivity index (χ3v) is 3.37. The Morgan fingerprint density at radius 1 is 1.35 bits per heavy atom.